The van der Waals surface area contributed by atoms with Gasteiger partial charge in [0.15, 0.2) is 0 Å². The number of esters is 1. The Morgan fingerprint density at radius 1 is 1.25 bits per heavy atom. The Bertz CT molecular complexity index is 919. The van der Waals surface area contributed by atoms with Crippen LogP contribution in [0.5, 0.6) is 11.5 Å². The van der Waals surface area contributed by atoms with Crippen LogP contribution in [-0.2, 0) is 20.7 Å². The molecule has 1 fully saturated rings. The molecule has 2 N–H and O–H groups in total. The molecule has 1 aliphatic carbocycles. The summed E-state index contributed by atoms with van der Waals surface area (Å²) >= 11 is 0. The molecule has 7 heteroatoms. The number of hydroxylamine groups is 1. The number of nitriles is 1. The van der Waals surface area contributed by atoms with Gasteiger partial charge >= 0.3 is 5.97 Å². The molecule has 2 unspecified atom stereocenters. The van der Waals surface area contributed by atoms with Gasteiger partial charge in [0, 0.05) is 0 Å². The molecule has 2 aromatic carbocycles. The fraction of sp³-hybridized carbons (Fsp3) is 0.286. The number of nitrogens with zero attached hydrogens (tertiary/aromatic N) is 1. The fourth-order valence-electron chi connectivity index (χ4n) is 3.30. The van der Waals surface area contributed by atoms with E-state index in [0.717, 1.165) is 5.56 Å². The van der Waals surface area contributed by atoms with Gasteiger partial charge in [-0.3, -0.25) is 14.8 Å². The van der Waals surface area contributed by atoms with Gasteiger partial charge in [-0.2, -0.15) is 5.26 Å². The predicted molar refractivity (Wildman–Crippen MR) is 98.5 cm³/mol. The Balaban J connectivity index is 1.72. The van der Waals surface area contributed by atoms with Crippen molar-refractivity contribution in [2.75, 3.05) is 6.61 Å². The molecule has 3 rings (SSSR count). The highest BCUT2D eigenvalue weighted by molar-refractivity contribution is 5.93. The molecule has 0 spiro atoms. The van der Waals surface area contributed by atoms with E-state index in [4.69, 9.17) is 19.9 Å². The number of carbonyl (C=O) groups excluding carboxylic acids is 2. The van der Waals surface area contributed by atoms with Gasteiger partial charge in [-0.1, -0.05) is 18.2 Å². The van der Waals surface area contributed by atoms with Crippen LogP contribution in [-0.4, -0.2) is 23.7 Å². The van der Waals surface area contributed by atoms with Crippen LogP contribution in [0.25, 0.3) is 0 Å². The summed E-state index contributed by atoms with van der Waals surface area (Å²) in [6.07, 6.45) is 0.658. The van der Waals surface area contributed by atoms with Crippen LogP contribution in [0.15, 0.2) is 48.5 Å². The first kappa shape index (κ1) is 19.4. The van der Waals surface area contributed by atoms with E-state index in [1.54, 1.807) is 48.8 Å². The topological polar surface area (TPSA) is 109 Å². The molecule has 0 aromatic heterocycles. The maximum atomic E-state index is 12.4. The monoisotopic (exact) mass is 380 g/mol. The number of amides is 1. The van der Waals surface area contributed by atoms with Crippen LogP contribution < -0.4 is 10.2 Å². The first-order valence-corrected chi connectivity index (χ1v) is 8.90. The second-order valence-electron chi connectivity index (χ2n) is 6.67. The molecule has 28 heavy (non-hydrogen) atoms. The molecule has 0 saturated heterocycles. The van der Waals surface area contributed by atoms with Gasteiger partial charge in [0.25, 0.3) is 0 Å². The molecule has 7 nitrogen and oxygen atoms in total. The SMILES string of the molecule is CCOC(=O)C1(Cc2ccc(Oc3cccc(C#N)c3)cc2)CC1C(=O)NO. The highest BCUT2D eigenvalue weighted by atomic mass is 16.5. The van der Waals surface area contributed by atoms with Crippen LogP contribution in [0.1, 0.15) is 24.5 Å². The van der Waals surface area contributed by atoms with Crippen molar-refractivity contribution in [3.8, 4) is 17.6 Å². The summed E-state index contributed by atoms with van der Waals surface area (Å²) in [7, 11) is 0. The third-order valence-electron chi connectivity index (χ3n) is 4.83. The Labute approximate surface area is 162 Å². The Morgan fingerprint density at radius 3 is 2.64 bits per heavy atom. The Kier molecular flexibility index (Phi) is 5.62. The molecule has 2 aromatic rings. The zero-order chi connectivity index (χ0) is 20.1. The minimum absolute atomic E-state index is 0.225. The van der Waals surface area contributed by atoms with Gasteiger partial charge in [-0.25, -0.2) is 5.48 Å². The van der Waals surface area contributed by atoms with Crippen LogP contribution >= 0.6 is 0 Å². The van der Waals surface area contributed by atoms with Crippen LogP contribution in [0, 0.1) is 22.7 Å². The summed E-state index contributed by atoms with van der Waals surface area (Å²) in [5.74, 6) is -0.482. The number of benzene rings is 2. The molecule has 1 aliphatic rings. The number of ether oxygens (including phenoxy) is 2. The molecule has 1 saturated carbocycles. The summed E-state index contributed by atoms with van der Waals surface area (Å²) in [6, 6.07) is 16.0. The number of carbonyl (C=O) groups is 2. The van der Waals surface area contributed by atoms with Crippen molar-refractivity contribution >= 4 is 11.9 Å². The predicted octanol–water partition coefficient (Wildman–Crippen LogP) is 2.97. The number of hydrogen-bond donors (Lipinski definition) is 2. The summed E-state index contributed by atoms with van der Waals surface area (Å²) in [4.78, 5) is 24.2. The molecular formula is C21H20N2O5. The molecule has 0 aliphatic heterocycles. The normalized spacial score (nSPS) is 20.0. The molecule has 0 heterocycles. The minimum Gasteiger partial charge on any atom is -0.466 e. The van der Waals surface area contributed by atoms with E-state index in [2.05, 4.69) is 6.07 Å². The summed E-state index contributed by atoms with van der Waals surface area (Å²) in [5, 5.41) is 17.8. The van der Waals surface area contributed by atoms with Gasteiger partial charge in [0.05, 0.1) is 29.6 Å². The Hall–Kier alpha value is -3.37. The highest BCUT2D eigenvalue weighted by Gasteiger charge is 2.64. The highest BCUT2D eigenvalue weighted by Crippen LogP contribution is 2.56. The molecule has 1 amide bonds. The number of nitrogens with one attached hydrogen (secondary N) is 1. The third-order valence-corrected chi connectivity index (χ3v) is 4.83. The lowest BCUT2D eigenvalue weighted by Gasteiger charge is -2.16. The summed E-state index contributed by atoms with van der Waals surface area (Å²) < 4.78 is 10.9. The van der Waals surface area contributed by atoms with Crippen LogP contribution in [0.2, 0.25) is 0 Å². The maximum absolute atomic E-state index is 12.4. The van der Waals surface area contributed by atoms with Crippen molar-refractivity contribution < 1.29 is 24.3 Å². The molecule has 2 atom stereocenters. The van der Waals surface area contributed by atoms with Gasteiger partial charge in [0.2, 0.25) is 5.91 Å². The first-order valence-electron chi connectivity index (χ1n) is 8.90. The van der Waals surface area contributed by atoms with E-state index in [1.807, 2.05) is 12.1 Å². The largest absolute Gasteiger partial charge is 0.466 e. The minimum atomic E-state index is -0.952. The van der Waals surface area contributed by atoms with Crippen molar-refractivity contribution in [3.05, 3.63) is 59.7 Å². The zero-order valence-corrected chi connectivity index (χ0v) is 15.3. The van der Waals surface area contributed by atoms with E-state index in [-0.39, 0.29) is 6.61 Å². The van der Waals surface area contributed by atoms with E-state index in [9.17, 15) is 9.59 Å². The number of hydrogen-bond acceptors (Lipinski definition) is 6. The van der Waals surface area contributed by atoms with Gasteiger partial charge < -0.3 is 9.47 Å². The summed E-state index contributed by atoms with van der Waals surface area (Å²) in [6.45, 7) is 1.94. The third kappa shape index (κ3) is 3.97. The second-order valence-corrected chi connectivity index (χ2v) is 6.67. The molecule has 0 bridgehead atoms. The first-order chi connectivity index (χ1) is 13.5. The van der Waals surface area contributed by atoms with Gasteiger partial charge in [0.1, 0.15) is 11.5 Å². The van der Waals surface area contributed by atoms with Crippen molar-refractivity contribution in [1.82, 2.24) is 5.48 Å². The fourth-order valence-corrected chi connectivity index (χ4v) is 3.30. The average molecular weight is 380 g/mol. The number of rotatable bonds is 7. The van der Waals surface area contributed by atoms with Crippen molar-refractivity contribution in [2.24, 2.45) is 11.3 Å². The molecular weight excluding hydrogens is 360 g/mol. The van der Waals surface area contributed by atoms with Gasteiger partial charge in [-0.15, -0.1) is 0 Å². The maximum Gasteiger partial charge on any atom is 0.313 e. The average Bonchev–Trinajstić information content (AvgIpc) is 3.44. The lowest BCUT2D eigenvalue weighted by atomic mass is 9.93. The Morgan fingerprint density at radius 2 is 2.00 bits per heavy atom. The molecule has 144 valence electrons. The van der Waals surface area contributed by atoms with Crippen molar-refractivity contribution in [1.29, 1.82) is 5.26 Å². The zero-order valence-electron chi connectivity index (χ0n) is 15.3. The standard InChI is InChI=1S/C21H20N2O5/c1-2-27-20(25)21(12-18(21)19(24)23-26)11-14-6-8-16(9-7-14)28-17-5-3-4-15(10-17)13-22/h3-10,18,26H,2,11-12H2,1H3,(H,23,24). The van der Waals surface area contributed by atoms with Crippen molar-refractivity contribution in [2.45, 2.75) is 19.8 Å². The van der Waals surface area contributed by atoms with Crippen LogP contribution in [0.4, 0.5) is 0 Å². The van der Waals surface area contributed by atoms with E-state index in [1.165, 1.54) is 0 Å². The lowest BCUT2D eigenvalue weighted by Crippen LogP contribution is -2.30. The van der Waals surface area contributed by atoms with E-state index < -0.39 is 23.2 Å². The quantitative estimate of drug-likeness (QED) is 0.434. The van der Waals surface area contributed by atoms with E-state index in [0.29, 0.717) is 29.9 Å². The second kappa shape index (κ2) is 8.11. The van der Waals surface area contributed by atoms with Gasteiger partial charge in [-0.05, 0) is 55.7 Å². The lowest BCUT2D eigenvalue weighted by molar-refractivity contribution is -0.152. The molecule has 0 radical (unpaired) electrons. The smallest absolute Gasteiger partial charge is 0.313 e. The van der Waals surface area contributed by atoms with Crippen LogP contribution in [0.3, 0.4) is 0 Å². The summed E-state index contributed by atoms with van der Waals surface area (Å²) in [5.41, 5.74) is 2.02. The van der Waals surface area contributed by atoms with E-state index >= 15 is 0 Å². The van der Waals surface area contributed by atoms with Crippen molar-refractivity contribution in [3.63, 3.8) is 0 Å².